The number of carbonyl (C=O) groups is 1. The highest BCUT2D eigenvalue weighted by molar-refractivity contribution is 7.07. The lowest BCUT2D eigenvalue weighted by Crippen LogP contribution is -2.05. The molecule has 0 bridgehead atoms. The molecule has 1 N–H and O–H groups in total. The summed E-state index contributed by atoms with van der Waals surface area (Å²) < 4.78 is 1.59. The molecule has 0 radical (unpaired) electrons. The molecule has 0 aliphatic rings. The molecule has 106 valence electrons. The summed E-state index contributed by atoms with van der Waals surface area (Å²) in [4.78, 5) is 11.3. The zero-order valence-corrected chi connectivity index (χ0v) is 12.3. The SMILES string of the molecule is O=C(O)c1nnn(Cc2ccsc2)c1-c1ccc(Cl)cc1. The first kappa shape index (κ1) is 13.8. The van der Waals surface area contributed by atoms with Gasteiger partial charge < -0.3 is 5.11 Å². The molecular weight excluding hydrogens is 310 g/mol. The maximum atomic E-state index is 11.3. The minimum atomic E-state index is -1.10. The Morgan fingerprint density at radius 2 is 2.05 bits per heavy atom. The number of benzene rings is 1. The predicted molar refractivity (Wildman–Crippen MR) is 80.8 cm³/mol. The molecule has 0 atom stereocenters. The van der Waals surface area contributed by atoms with Crippen molar-refractivity contribution in [3.8, 4) is 11.3 Å². The van der Waals surface area contributed by atoms with Crippen molar-refractivity contribution < 1.29 is 9.90 Å². The number of thiophene rings is 1. The van der Waals surface area contributed by atoms with E-state index in [0.29, 0.717) is 17.3 Å². The lowest BCUT2D eigenvalue weighted by molar-refractivity contribution is 0.0691. The van der Waals surface area contributed by atoms with Gasteiger partial charge in [-0.25, -0.2) is 9.48 Å². The average molecular weight is 320 g/mol. The Labute approximate surface area is 129 Å². The fraction of sp³-hybridized carbons (Fsp3) is 0.0714. The Bertz CT molecular complexity index is 766. The largest absolute Gasteiger partial charge is 0.476 e. The second kappa shape index (κ2) is 5.67. The van der Waals surface area contributed by atoms with Crippen molar-refractivity contribution in [1.29, 1.82) is 0 Å². The van der Waals surface area contributed by atoms with Crippen molar-refractivity contribution in [2.24, 2.45) is 0 Å². The molecule has 3 rings (SSSR count). The Morgan fingerprint density at radius 3 is 2.67 bits per heavy atom. The summed E-state index contributed by atoms with van der Waals surface area (Å²) in [5.41, 5.74) is 2.19. The summed E-state index contributed by atoms with van der Waals surface area (Å²) in [6.45, 7) is 0.474. The van der Waals surface area contributed by atoms with E-state index in [2.05, 4.69) is 10.3 Å². The van der Waals surface area contributed by atoms with Gasteiger partial charge in [-0.1, -0.05) is 28.9 Å². The van der Waals surface area contributed by atoms with Gasteiger partial charge >= 0.3 is 5.97 Å². The van der Waals surface area contributed by atoms with Crippen LogP contribution in [0.5, 0.6) is 0 Å². The lowest BCUT2D eigenvalue weighted by Gasteiger charge is -2.06. The molecular formula is C14H10ClN3O2S. The third-order valence-electron chi connectivity index (χ3n) is 2.97. The highest BCUT2D eigenvalue weighted by atomic mass is 35.5. The molecule has 0 spiro atoms. The standard InChI is InChI=1S/C14H10ClN3O2S/c15-11-3-1-10(2-4-11)13-12(14(19)20)16-17-18(13)7-9-5-6-21-8-9/h1-6,8H,7H2,(H,19,20). The number of hydrogen-bond donors (Lipinski definition) is 1. The molecule has 2 heterocycles. The Balaban J connectivity index is 2.08. The van der Waals surface area contributed by atoms with E-state index >= 15 is 0 Å². The number of carboxylic acids is 1. The number of aromatic nitrogens is 3. The van der Waals surface area contributed by atoms with E-state index in [9.17, 15) is 9.90 Å². The second-order valence-electron chi connectivity index (χ2n) is 4.39. The summed E-state index contributed by atoms with van der Waals surface area (Å²) >= 11 is 7.46. The minimum absolute atomic E-state index is 0.0625. The minimum Gasteiger partial charge on any atom is -0.476 e. The first-order valence-corrected chi connectivity index (χ1v) is 7.41. The molecule has 3 aromatic rings. The highest BCUT2D eigenvalue weighted by Crippen LogP contribution is 2.25. The van der Waals surface area contributed by atoms with Crippen LogP contribution in [0.4, 0.5) is 0 Å². The van der Waals surface area contributed by atoms with Crippen LogP contribution in [-0.4, -0.2) is 26.1 Å². The summed E-state index contributed by atoms with van der Waals surface area (Å²) in [7, 11) is 0. The number of aromatic carboxylic acids is 1. The van der Waals surface area contributed by atoms with Gasteiger partial charge in [0.1, 0.15) is 5.69 Å². The Morgan fingerprint density at radius 1 is 1.29 bits per heavy atom. The fourth-order valence-electron chi connectivity index (χ4n) is 2.02. The summed E-state index contributed by atoms with van der Waals surface area (Å²) in [6.07, 6.45) is 0. The topological polar surface area (TPSA) is 68.0 Å². The van der Waals surface area contributed by atoms with Crippen LogP contribution in [0.3, 0.4) is 0 Å². The van der Waals surface area contributed by atoms with Crippen molar-refractivity contribution in [3.63, 3.8) is 0 Å². The van der Waals surface area contributed by atoms with Crippen LogP contribution in [0.1, 0.15) is 16.1 Å². The van der Waals surface area contributed by atoms with Gasteiger partial charge in [-0.05, 0) is 34.5 Å². The smallest absolute Gasteiger partial charge is 0.358 e. The van der Waals surface area contributed by atoms with Gasteiger partial charge in [-0.3, -0.25) is 0 Å². The summed E-state index contributed by atoms with van der Waals surface area (Å²) in [6, 6.07) is 8.92. The molecule has 0 fully saturated rings. The van der Waals surface area contributed by atoms with Crippen molar-refractivity contribution in [3.05, 3.63) is 57.4 Å². The van der Waals surface area contributed by atoms with Gasteiger partial charge in [0.25, 0.3) is 0 Å². The van der Waals surface area contributed by atoms with Crippen LogP contribution in [0.15, 0.2) is 41.1 Å². The van der Waals surface area contributed by atoms with E-state index in [1.807, 2.05) is 16.8 Å². The van der Waals surface area contributed by atoms with Crippen molar-refractivity contribution in [2.45, 2.75) is 6.54 Å². The van der Waals surface area contributed by atoms with E-state index in [1.54, 1.807) is 40.3 Å². The van der Waals surface area contributed by atoms with E-state index in [4.69, 9.17) is 11.6 Å². The van der Waals surface area contributed by atoms with Crippen LogP contribution in [-0.2, 0) is 6.54 Å². The molecule has 0 saturated carbocycles. The van der Waals surface area contributed by atoms with Crippen LogP contribution < -0.4 is 0 Å². The van der Waals surface area contributed by atoms with E-state index in [-0.39, 0.29) is 5.69 Å². The molecule has 0 unspecified atom stereocenters. The second-order valence-corrected chi connectivity index (χ2v) is 5.60. The van der Waals surface area contributed by atoms with Crippen LogP contribution >= 0.6 is 22.9 Å². The van der Waals surface area contributed by atoms with E-state index < -0.39 is 5.97 Å². The first-order chi connectivity index (χ1) is 10.1. The molecule has 0 saturated heterocycles. The number of nitrogens with zero attached hydrogens (tertiary/aromatic N) is 3. The molecule has 21 heavy (non-hydrogen) atoms. The molecule has 0 aliphatic heterocycles. The number of halogens is 1. The monoisotopic (exact) mass is 319 g/mol. The summed E-state index contributed by atoms with van der Waals surface area (Å²) in [5, 5.41) is 21.6. The molecule has 1 aromatic carbocycles. The van der Waals surface area contributed by atoms with Gasteiger partial charge in [0.2, 0.25) is 0 Å². The third-order valence-corrected chi connectivity index (χ3v) is 3.95. The fourth-order valence-corrected chi connectivity index (χ4v) is 2.80. The van der Waals surface area contributed by atoms with Gasteiger partial charge in [-0.2, -0.15) is 11.3 Å². The van der Waals surface area contributed by atoms with Crippen LogP contribution in [0.25, 0.3) is 11.3 Å². The van der Waals surface area contributed by atoms with E-state index in [1.165, 1.54) is 0 Å². The quantitative estimate of drug-likeness (QED) is 0.800. The molecule has 5 nitrogen and oxygen atoms in total. The number of rotatable bonds is 4. The Kier molecular flexibility index (Phi) is 3.72. The average Bonchev–Trinajstić information content (AvgIpc) is 3.10. The first-order valence-electron chi connectivity index (χ1n) is 6.09. The van der Waals surface area contributed by atoms with Crippen LogP contribution in [0.2, 0.25) is 5.02 Å². The molecule has 0 amide bonds. The molecule has 0 aliphatic carbocycles. The zero-order valence-electron chi connectivity index (χ0n) is 10.7. The maximum absolute atomic E-state index is 11.3. The van der Waals surface area contributed by atoms with Gasteiger partial charge in [0.05, 0.1) is 6.54 Å². The predicted octanol–water partition coefficient (Wildman–Crippen LogP) is 3.41. The normalized spacial score (nSPS) is 10.7. The number of carboxylic acid groups (broad SMARTS) is 1. The lowest BCUT2D eigenvalue weighted by atomic mass is 10.1. The molecule has 2 aromatic heterocycles. The summed E-state index contributed by atoms with van der Waals surface area (Å²) in [5.74, 6) is -1.10. The van der Waals surface area contributed by atoms with Gasteiger partial charge in [0, 0.05) is 10.6 Å². The van der Waals surface area contributed by atoms with Gasteiger partial charge in [-0.15, -0.1) is 5.10 Å². The van der Waals surface area contributed by atoms with Crippen molar-refractivity contribution in [2.75, 3.05) is 0 Å². The van der Waals surface area contributed by atoms with Crippen molar-refractivity contribution in [1.82, 2.24) is 15.0 Å². The van der Waals surface area contributed by atoms with Gasteiger partial charge in [0.15, 0.2) is 5.69 Å². The van der Waals surface area contributed by atoms with Crippen LogP contribution in [0, 0.1) is 0 Å². The van der Waals surface area contributed by atoms with Crippen molar-refractivity contribution >= 4 is 28.9 Å². The number of hydrogen-bond acceptors (Lipinski definition) is 4. The third kappa shape index (κ3) is 2.81. The van der Waals surface area contributed by atoms with E-state index in [0.717, 1.165) is 11.1 Å². The molecule has 7 heteroatoms. The highest BCUT2D eigenvalue weighted by Gasteiger charge is 2.20. The zero-order chi connectivity index (χ0) is 14.8. The maximum Gasteiger partial charge on any atom is 0.358 e. The Hall–Kier alpha value is -2.18.